The average Bonchev–Trinajstić information content (AvgIpc) is 2.44. The third-order valence-electron chi connectivity index (χ3n) is 3.12. The third kappa shape index (κ3) is 5.73. The van der Waals surface area contributed by atoms with E-state index < -0.39 is 24.0 Å². The zero-order valence-corrected chi connectivity index (χ0v) is 13.1. The van der Waals surface area contributed by atoms with Crippen LogP contribution in [0.2, 0.25) is 0 Å². The molecule has 1 aromatic rings. The molecule has 2 unspecified atom stereocenters. The molecule has 0 fully saturated rings. The fourth-order valence-corrected chi connectivity index (χ4v) is 1.73. The Morgan fingerprint density at radius 2 is 1.77 bits per heavy atom. The normalized spacial score (nSPS) is 13.5. The van der Waals surface area contributed by atoms with Crippen LogP contribution >= 0.6 is 0 Å². The van der Waals surface area contributed by atoms with Crippen molar-refractivity contribution in [3.05, 3.63) is 29.8 Å². The summed E-state index contributed by atoms with van der Waals surface area (Å²) in [5.41, 5.74) is 0.308. The first-order valence-corrected chi connectivity index (χ1v) is 7.26. The molecule has 0 aliphatic heterocycles. The second-order valence-electron chi connectivity index (χ2n) is 5.59. The number of aliphatic hydroxyl groups excluding tert-OH is 1. The predicted octanol–water partition coefficient (Wildman–Crippen LogP) is 1.68. The fourth-order valence-electron chi connectivity index (χ4n) is 1.73. The molecule has 0 saturated carbocycles. The lowest BCUT2D eigenvalue weighted by Gasteiger charge is -2.17. The van der Waals surface area contributed by atoms with E-state index in [0.29, 0.717) is 23.8 Å². The summed E-state index contributed by atoms with van der Waals surface area (Å²) in [6.45, 7) is 6.13. The molecule has 0 bridgehead atoms. The number of carboxylic acid groups (broad SMARTS) is 1. The van der Waals surface area contributed by atoms with Crippen LogP contribution in [-0.2, 0) is 4.79 Å². The highest BCUT2D eigenvalue weighted by Crippen LogP contribution is 2.13. The van der Waals surface area contributed by atoms with Crippen LogP contribution in [0.5, 0.6) is 5.75 Å². The molecule has 0 saturated heterocycles. The molecular weight excluding hydrogens is 286 g/mol. The molecule has 0 aliphatic carbocycles. The van der Waals surface area contributed by atoms with Crippen LogP contribution < -0.4 is 10.1 Å². The van der Waals surface area contributed by atoms with Crippen molar-refractivity contribution in [2.24, 2.45) is 5.92 Å². The van der Waals surface area contributed by atoms with Gasteiger partial charge in [0.25, 0.3) is 5.91 Å². The van der Waals surface area contributed by atoms with Crippen LogP contribution in [0.15, 0.2) is 24.3 Å². The zero-order chi connectivity index (χ0) is 16.7. The van der Waals surface area contributed by atoms with E-state index >= 15 is 0 Å². The minimum atomic E-state index is -1.34. The van der Waals surface area contributed by atoms with Gasteiger partial charge in [0, 0.05) is 5.56 Å². The average molecular weight is 309 g/mol. The number of hydrogen-bond acceptors (Lipinski definition) is 4. The number of nitrogens with one attached hydrogen (secondary N) is 1. The number of amides is 1. The van der Waals surface area contributed by atoms with Crippen molar-refractivity contribution in [1.82, 2.24) is 5.32 Å². The number of rotatable bonds is 8. The maximum atomic E-state index is 12.0. The van der Waals surface area contributed by atoms with Crippen LogP contribution in [0.1, 0.15) is 37.6 Å². The molecule has 6 heteroatoms. The van der Waals surface area contributed by atoms with E-state index in [4.69, 9.17) is 9.84 Å². The summed E-state index contributed by atoms with van der Waals surface area (Å²) < 4.78 is 5.54. The monoisotopic (exact) mass is 309 g/mol. The SMILES string of the molecule is CC(C)CCOc1ccc(C(=O)NC(C(=O)O)C(C)O)cc1. The third-order valence-corrected chi connectivity index (χ3v) is 3.12. The number of ether oxygens (including phenoxy) is 1. The van der Waals surface area contributed by atoms with E-state index in [1.807, 2.05) is 0 Å². The lowest BCUT2D eigenvalue weighted by molar-refractivity contribution is -0.141. The zero-order valence-electron chi connectivity index (χ0n) is 13.1. The minimum absolute atomic E-state index is 0.308. The van der Waals surface area contributed by atoms with Gasteiger partial charge in [0.1, 0.15) is 5.75 Å². The van der Waals surface area contributed by atoms with Crippen LogP contribution in [0.3, 0.4) is 0 Å². The Labute approximate surface area is 130 Å². The van der Waals surface area contributed by atoms with Gasteiger partial charge in [-0.05, 0) is 43.5 Å². The highest BCUT2D eigenvalue weighted by atomic mass is 16.5. The standard InChI is InChI=1S/C16H23NO5/c1-10(2)8-9-22-13-6-4-12(5-7-13)15(19)17-14(11(3)18)16(20)21/h4-7,10-11,14,18H,8-9H2,1-3H3,(H,17,19)(H,20,21). The fraction of sp³-hybridized carbons (Fsp3) is 0.500. The van der Waals surface area contributed by atoms with Crippen molar-refractivity contribution in [2.45, 2.75) is 39.3 Å². The number of carboxylic acids is 1. The topological polar surface area (TPSA) is 95.9 Å². The number of hydrogen-bond donors (Lipinski definition) is 3. The van der Waals surface area contributed by atoms with Crippen LogP contribution in [0.25, 0.3) is 0 Å². The van der Waals surface area contributed by atoms with Gasteiger partial charge in [-0.25, -0.2) is 4.79 Å². The first-order chi connectivity index (χ1) is 10.3. The molecule has 3 N–H and O–H groups in total. The van der Waals surface area contributed by atoms with E-state index in [1.54, 1.807) is 24.3 Å². The maximum Gasteiger partial charge on any atom is 0.328 e. The molecule has 0 heterocycles. The molecule has 1 amide bonds. The van der Waals surface area contributed by atoms with Gasteiger partial charge in [0.05, 0.1) is 12.7 Å². The largest absolute Gasteiger partial charge is 0.494 e. The van der Waals surface area contributed by atoms with Gasteiger partial charge >= 0.3 is 5.97 Å². The molecular formula is C16H23NO5. The Balaban J connectivity index is 2.62. The van der Waals surface area contributed by atoms with Crippen molar-refractivity contribution >= 4 is 11.9 Å². The molecule has 6 nitrogen and oxygen atoms in total. The van der Waals surface area contributed by atoms with Gasteiger partial charge in [-0.2, -0.15) is 0 Å². The van der Waals surface area contributed by atoms with Gasteiger partial charge in [-0.1, -0.05) is 13.8 Å². The molecule has 0 spiro atoms. The smallest absolute Gasteiger partial charge is 0.328 e. The summed E-state index contributed by atoms with van der Waals surface area (Å²) in [7, 11) is 0. The predicted molar refractivity (Wildman–Crippen MR) is 82.0 cm³/mol. The first-order valence-electron chi connectivity index (χ1n) is 7.26. The molecule has 22 heavy (non-hydrogen) atoms. The quantitative estimate of drug-likeness (QED) is 0.679. The van der Waals surface area contributed by atoms with Gasteiger partial charge in [0.2, 0.25) is 0 Å². The first kappa shape index (κ1) is 18.0. The Bertz CT molecular complexity index is 496. The van der Waals surface area contributed by atoms with E-state index in [1.165, 1.54) is 6.92 Å². The molecule has 0 radical (unpaired) electrons. The van der Waals surface area contributed by atoms with Gasteiger partial charge in [0.15, 0.2) is 6.04 Å². The van der Waals surface area contributed by atoms with E-state index in [9.17, 15) is 14.7 Å². The Morgan fingerprint density at radius 1 is 1.18 bits per heavy atom. The number of benzene rings is 1. The Morgan fingerprint density at radius 3 is 2.23 bits per heavy atom. The van der Waals surface area contributed by atoms with E-state index in [0.717, 1.165) is 6.42 Å². The molecule has 0 aromatic heterocycles. The van der Waals surface area contributed by atoms with Crippen molar-refractivity contribution < 1.29 is 24.5 Å². The number of carbonyl (C=O) groups excluding carboxylic acids is 1. The minimum Gasteiger partial charge on any atom is -0.494 e. The van der Waals surface area contributed by atoms with Crippen LogP contribution in [-0.4, -0.2) is 40.8 Å². The summed E-state index contributed by atoms with van der Waals surface area (Å²) in [4.78, 5) is 22.9. The second kappa shape index (κ2) is 8.38. The highest BCUT2D eigenvalue weighted by molar-refractivity contribution is 5.96. The summed E-state index contributed by atoms with van der Waals surface area (Å²) in [5, 5.41) is 20.6. The summed E-state index contributed by atoms with van der Waals surface area (Å²) in [6.07, 6.45) is -0.239. The lowest BCUT2D eigenvalue weighted by Crippen LogP contribution is -2.47. The highest BCUT2D eigenvalue weighted by Gasteiger charge is 2.25. The van der Waals surface area contributed by atoms with E-state index in [2.05, 4.69) is 19.2 Å². The number of carbonyl (C=O) groups is 2. The summed E-state index contributed by atoms with van der Waals surface area (Å²) >= 11 is 0. The Hall–Kier alpha value is -2.08. The van der Waals surface area contributed by atoms with Crippen molar-refractivity contribution in [3.8, 4) is 5.75 Å². The number of aliphatic hydroxyl groups is 1. The lowest BCUT2D eigenvalue weighted by atomic mass is 10.1. The molecule has 1 rings (SSSR count). The number of aliphatic carboxylic acids is 1. The summed E-state index contributed by atoms with van der Waals surface area (Å²) in [5.74, 6) is -0.625. The van der Waals surface area contributed by atoms with Gasteiger partial charge in [-0.15, -0.1) is 0 Å². The molecule has 0 aliphatic rings. The van der Waals surface area contributed by atoms with Gasteiger partial charge < -0.3 is 20.3 Å². The second-order valence-corrected chi connectivity index (χ2v) is 5.59. The van der Waals surface area contributed by atoms with Crippen LogP contribution in [0.4, 0.5) is 0 Å². The van der Waals surface area contributed by atoms with Crippen molar-refractivity contribution in [2.75, 3.05) is 6.61 Å². The molecule has 122 valence electrons. The maximum absolute atomic E-state index is 12.0. The summed E-state index contributed by atoms with van der Waals surface area (Å²) in [6, 6.07) is 5.09. The van der Waals surface area contributed by atoms with Crippen molar-refractivity contribution in [1.29, 1.82) is 0 Å². The van der Waals surface area contributed by atoms with Crippen LogP contribution in [0, 0.1) is 5.92 Å². The Kier molecular flexibility index (Phi) is 6.85. The van der Waals surface area contributed by atoms with E-state index in [-0.39, 0.29) is 0 Å². The molecule has 2 atom stereocenters. The van der Waals surface area contributed by atoms with Gasteiger partial charge in [-0.3, -0.25) is 4.79 Å². The van der Waals surface area contributed by atoms with Crippen molar-refractivity contribution in [3.63, 3.8) is 0 Å². The molecule has 1 aromatic carbocycles.